The first-order valence-electron chi connectivity index (χ1n) is 10.9. The van der Waals surface area contributed by atoms with Crippen LogP contribution in [0.3, 0.4) is 0 Å². The fourth-order valence-electron chi connectivity index (χ4n) is 3.83. The minimum absolute atomic E-state index is 0.748. The van der Waals surface area contributed by atoms with Gasteiger partial charge in [0.1, 0.15) is 11.5 Å². The van der Waals surface area contributed by atoms with Crippen molar-refractivity contribution in [2.24, 2.45) is 0 Å². The lowest BCUT2D eigenvalue weighted by molar-refractivity contribution is 0.0345. The van der Waals surface area contributed by atoms with Crippen molar-refractivity contribution in [1.82, 2.24) is 9.88 Å². The van der Waals surface area contributed by atoms with Crippen molar-refractivity contribution < 1.29 is 14.2 Å². The van der Waals surface area contributed by atoms with Gasteiger partial charge in [-0.2, -0.15) is 0 Å². The number of aromatic nitrogens is 1. The van der Waals surface area contributed by atoms with E-state index in [1.54, 1.807) is 25.6 Å². The topological polar surface area (TPSA) is 47.1 Å². The van der Waals surface area contributed by atoms with Crippen molar-refractivity contribution >= 4 is 16.5 Å². The average Bonchev–Trinajstić information content (AvgIpc) is 3.19. The van der Waals surface area contributed by atoms with Crippen LogP contribution in [0, 0.1) is 6.92 Å². The fraction of sp³-hybridized carbons (Fsp3) is 0.400. The molecule has 0 spiro atoms. The van der Waals surface area contributed by atoms with E-state index in [1.165, 1.54) is 16.0 Å². The summed E-state index contributed by atoms with van der Waals surface area (Å²) in [5.41, 5.74) is 3.49. The van der Waals surface area contributed by atoms with Gasteiger partial charge >= 0.3 is 0 Å². The van der Waals surface area contributed by atoms with Crippen molar-refractivity contribution in [3.63, 3.8) is 0 Å². The number of aryl methyl sites for hydroxylation is 1. The van der Waals surface area contributed by atoms with Gasteiger partial charge in [0.2, 0.25) is 0 Å². The molecule has 4 rings (SSSR count). The summed E-state index contributed by atoms with van der Waals surface area (Å²) in [6.45, 7) is 8.11. The molecule has 0 aliphatic carbocycles. The van der Waals surface area contributed by atoms with Crippen LogP contribution in [0.25, 0.3) is 0 Å². The fourth-order valence-corrected chi connectivity index (χ4v) is 4.93. The number of anilines is 1. The molecule has 2 aromatic carbocycles. The Balaban J connectivity index is 1.59. The summed E-state index contributed by atoms with van der Waals surface area (Å²) in [5.74, 6) is 1.74. The van der Waals surface area contributed by atoms with E-state index < -0.39 is 0 Å². The van der Waals surface area contributed by atoms with Gasteiger partial charge in [0, 0.05) is 37.6 Å². The number of nitrogens with zero attached hydrogens (tertiary/aromatic N) is 3. The molecule has 3 aromatic rings. The molecule has 1 aromatic heterocycles. The molecule has 0 saturated carbocycles. The second-order valence-corrected chi connectivity index (χ2v) is 9.01. The Kier molecular flexibility index (Phi) is 7.63. The molecule has 1 saturated heterocycles. The number of benzene rings is 2. The standard InChI is InChI=1S/C25H31N3O3S/c1-19-24(18-27-10-12-31-13-11-27)32-25(26-19)28(16-20-6-4-8-22(14-20)29-2)17-21-7-5-9-23(15-21)30-3/h4-9,14-15H,10-13,16-18H2,1-3H3. The molecular weight excluding hydrogens is 422 g/mol. The predicted molar refractivity (Wildman–Crippen MR) is 129 cm³/mol. The van der Waals surface area contributed by atoms with E-state index in [-0.39, 0.29) is 0 Å². The van der Waals surface area contributed by atoms with Gasteiger partial charge in [0.25, 0.3) is 0 Å². The van der Waals surface area contributed by atoms with Crippen molar-refractivity contribution in [3.8, 4) is 11.5 Å². The molecule has 2 heterocycles. The highest BCUT2D eigenvalue weighted by atomic mass is 32.1. The number of rotatable bonds is 9. The van der Waals surface area contributed by atoms with Crippen molar-refractivity contribution in [2.75, 3.05) is 45.4 Å². The predicted octanol–water partition coefficient (Wildman–Crippen LogP) is 4.51. The molecule has 170 valence electrons. The molecule has 0 atom stereocenters. The van der Waals surface area contributed by atoms with Gasteiger partial charge in [0.05, 0.1) is 33.1 Å². The van der Waals surface area contributed by atoms with Crippen LogP contribution >= 0.6 is 11.3 Å². The molecule has 0 bridgehead atoms. The smallest absolute Gasteiger partial charge is 0.186 e. The second kappa shape index (κ2) is 10.8. The molecule has 7 heteroatoms. The Morgan fingerprint density at radius 2 is 1.56 bits per heavy atom. The zero-order valence-electron chi connectivity index (χ0n) is 19.0. The Hall–Kier alpha value is -2.61. The first-order chi connectivity index (χ1) is 15.6. The zero-order valence-corrected chi connectivity index (χ0v) is 19.9. The number of ether oxygens (including phenoxy) is 3. The van der Waals surface area contributed by atoms with Crippen molar-refractivity contribution in [1.29, 1.82) is 0 Å². The molecule has 1 fully saturated rings. The van der Waals surface area contributed by atoms with Crippen LogP contribution < -0.4 is 14.4 Å². The minimum atomic E-state index is 0.748. The molecule has 0 unspecified atom stereocenters. The number of thiazole rings is 1. The third-order valence-corrected chi connectivity index (χ3v) is 6.84. The molecule has 1 aliphatic rings. The van der Waals surface area contributed by atoms with Crippen LogP contribution in [0.2, 0.25) is 0 Å². The van der Waals surface area contributed by atoms with Crippen LogP contribution in [-0.4, -0.2) is 50.4 Å². The SMILES string of the molecule is COc1cccc(CN(Cc2cccc(OC)c2)c2nc(C)c(CN3CCOCC3)s2)c1. The van der Waals surface area contributed by atoms with Crippen LogP contribution in [0.15, 0.2) is 48.5 Å². The van der Waals surface area contributed by atoms with Gasteiger partial charge in [0.15, 0.2) is 5.13 Å². The average molecular weight is 454 g/mol. The van der Waals surface area contributed by atoms with E-state index in [2.05, 4.69) is 41.0 Å². The summed E-state index contributed by atoms with van der Waals surface area (Å²) in [7, 11) is 3.41. The van der Waals surface area contributed by atoms with Gasteiger partial charge in [-0.25, -0.2) is 4.98 Å². The normalized spacial score (nSPS) is 14.3. The summed E-state index contributed by atoms with van der Waals surface area (Å²) in [6, 6.07) is 16.5. The Morgan fingerprint density at radius 3 is 2.12 bits per heavy atom. The molecule has 6 nitrogen and oxygen atoms in total. The molecule has 1 aliphatic heterocycles. The molecule has 0 radical (unpaired) electrons. The van der Waals surface area contributed by atoms with Crippen LogP contribution in [0.4, 0.5) is 5.13 Å². The molecular formula is C25H31N3O3S. The van der Waals surface area contributed by atoms with E-state index in [4.69, 9.17) is 19.2 Å². The van der Waals surface area contributed by atoms with E-state index in [0.29, 0.717) is 0 Å². The van der Waals surface area contributed by atoms with Crippen LogP contribution in [0.5, 0.6) is 11.5 Å². The number of morpholine rings is 1. The molecule has 32 heavy (non-hydrogen) atoms. The zero-order chi connectivity index (χ0) is 22.3. The van der Waals surface area contributed by atoms with Crippen molar-refractivity contribution in [2.45, 2.75) is 26.6 Å². The Morgan fingerprint density at radius 1 is 0.969 bits per heavy atom. The van der Waals surface area contributed by atoms with Gasteiger partial charge in [-0.1, -0.05) is 24.3 Å². The lowest BCUT2D eigenvalue weighted by Gasteiger charge is -2.26. The van der Waals surface area contributed by atoms with Gasteiger partial charge in [-0.15, -0.1) is 11.3 Å². The summed E-state index contributed by atoms with van der Waals surface area (Å²) in [6.07, 6.45) is 0. The van der Waals surface area contributed by atoms with Gasteiger partial charge < -0.3 is 19.1 Å². The highest BCUT2D eigenvalue weighted by Gasteiger charge is 2.19. The summed E-state index contributed by atoms with van der Waals surface area (Å²) in [4.78, 5) is 11.1. The van der Waals surface area contributed by atoms with Gasteiger partial charge in [-0.3, -0.25) is 4.90 Å². The lowest BCUT2D eigenvalue weighted by atomic mass is 10.1. The third-order valence-electron chi connectivity index (χ3n) is 5.64. The summed E-state index contributed by atoms with van der Waals surface area (Å²) >= 11 is 1.79. The van der Waals surface area contributed by atoms with E-state index in [9.17, 15) is 0 Å². The largest absolute Gasteiger partial charge is 0.497 e. The van der Waals surface area contributed by atoms with Crippen LogP contribution in [0.1, 0.15) is 21.7 Å². The number of hydrogen-bond donors (Lipinski definition) is 0. The quantitative estimate of drug-likeness (QED) is 0.475. The second-order valence-electron chi connectivity index (χ2n) is 7.95. The van der Waals surface area contributed by atoms with E-state index in [0.717, 1.165) is 68.3 Å². The lowest BCUT2D eigenvalue weighted by Crippen LogP contribution is -2.35. The number of hydrogen-bond acceptors (Lipinski definition) is 7. The Bertz CT molecular complexity index is 968. The van der Waals surface area contributed by atoms with E-state index in [1.807, 2.05) is 24.3 Å². The van der Waals surface area contributed by atoms with E-state index >= 15 is 0 Å². The van der Waals surface area contributed by atoms with Crippen molar-refractivity contribution in [3.05, 3.63) is 70.2 Å². The maximum absolute atomic E-state index is 5.50. The summed E-state index contributed by atoms with van der Waals surface area (Å²) in [5, 5.41) is 1.04. The monoisotopic (exact) mass is 453 g/mol. The third kappa shape index (κ3) is 5.79. The van der Waals surface area contributed by atoms with Gasteiger partial charge in [-0.05, 0) is 42.3 Å². The number of methoxy groups -OCH3 is 2. The molecule has 0 amide bonds. The first kappa shape index (κ1) is 22.6. The van der Waals surface area contributed by atoms with Crippen LogP contribution in [-0.2, 0) is 24.4 Å². The maximum Gasteiger partial charge on any atom is 0.186 e. The Labute approximate surface area is 194 Å². The maximum atomic E-state index is 5.50. The first-order valence-corrected chi connectivity index (χ1v) is 11.7. The molecule has 0 N–H and O–H groups in total. The highest BCUT2D eigenvalue weighted by molar-refractivity contribution is 7.15. The highest BCUT2D eigenvalue weighted by Crippen LogP contribution is 2.31. The minimum Gasteiger partial charge on any atom is -0.497 e. The summed E-state index contributed by atoms with van der Waals surface area (Å²) < 4.78 is 16.4.